The summed E-state index contributed by atoms with van der Waals surface area (Å²) in [5.41, 5.74) is 0. The van der Waals surface area contributed by atoms with Gasteiger partial charge in [0.05, 0.1) is 0 Å². The number of esters is 3. The van der Waals surface area contributed by atoms with Crippen LogP contribution in [0, 0.1) is 0 Å². The Hall–Kier alpha value is -4.19. The van der Waals surface area contributed by atoms with Crippen molar-refractivity contribution in [2.24, 2.45) is 0 Å². The lowest BCUT2D eigenvalue weighted by Crippen LogP contribution is -2.30. The van der Waals surface area contributed by atoms with E-state index >= 15 is 0 Å². The third-order valence-corrected chi connectivity index (χ3v) is 11.0. The molecule has 0 aromatic rings. The monoisotopic (exact) mass is 927 g/mol. The Morgan fingerprint density at radius 3 is 0.970 bits per heavy atom. The Labute approximate surface area is 412 Å². The molecule has 0 aromatic carbocycles. The van der Waals surface area contributed by atoms with Crippen molar-refractivity contribution in [3.63, 3.8) is 0 Å². The standard InChI is InChI=1S/C61H98O6/c1-4-7-10-13-15-17-19-21-22-23-24-25-26-27-28-29-30-31-32-33-34-35-36-37-38-40-41-43-45-48-51-54-60(63)66-57-58(56-65-59(62)53-50-47-12-9-6-3)67-61(64)55-52-49-46-44-42-39-20-18-16-14-11-8-5-2/h7-8,10-11,15-18,21-22,24-25,27-28,30-31,39,42,46,49,58H,4-6,9,12-14,19-20,23,26,29,32-38,40-41,43-45,47-48,50-57H2,1-3H3/b10-7-,11-8-,17-15-,18-16-,22-21-,25-24-,28-27-,31-30-,42-39-,49-46-. The molecule has 0 aliphatic heterocycles. The van der Waals surface area contributed by atoms with E-state index in [2.05, 4.69) is 130 Å². The van der Waals surface area contributed by atoms with Gasteiger partial charge in [0.1, 0.15) is 13.2 Å². The highest BCUT2D eigenvalue weighted by molar-refractivity contribution is 5.71. The van der Waals surface area contributed by atoms with E-state index in [0.717, 1.165) is 116 Å². The second kappa shape index (κ2) is 54.4. The molecule has 0 radical (unpaired) electrons. The number of rotatable bonds is 47. The van der Waals surface area contributed by atoms with Crippen molar-refractivity contribution in [3.05, 3.63) is 122 Å². The number of allylic oxidation sites excluding steroid dienone is 20. The van der Waals surface area contributed by atoms with Crippen molar-refractivity contribution in [2.75, 3.05) is 13.2 Å². The third-order valence-electron chi connectivity index (χ3n) is 11.0. The highest BCUT2D eigenvalue weighted by atomic mass is 16.6. The predicted molar refractivity (Wildman–Crippen MR) is 288 cm³/mol. The van der Waals surface area contributed by atoms with Gasteiger partial charge in [0.25, 0.3) is 0 Å². The average Bonchev–Trinajstić information content (AvgIpc) is 3.33. The van der Waals surface area contributed by atoms with Gasteiger partial charge in [0, 0.05) is 19.3 Å². The van der Waals surface area contributed by atoms with E-state index in [0.29, 0.717) is 19.3 Å². The molecule has 0 aliphatic carbocycles. The van der Waals surface area contributed by atoms with Crippen molar-refractivity contribution in [1.29, 1.82) is 0 Å². The van der Waals surface area contributed by atoms with E-state index in [1.165, 1.54) is 64.2 Å². The largest absolute Gasteiger partial charge is 0.462 e. The van der Waals surface area contributed by atoms with Gasteiger partial charge in [-0.2, -0.15) is 0 Å². The first kappa shape index (κ1) is 62.8. The Kier molecular flexibility index (Phi) is 51.0. The summed E-state index contributed by atoms with van der Waals surface area (Å²) < 4.78 is 16.6. The maximum Gasteiger partial charge on any atom is 0.306 e. The normalized spacial score (nSPS) is 13.1. The Bertz CT molecular complexity index is 1440. The van der Waals surface area contributed by atoms with Gasteiger partial charge >= 0.3 is 17.9 Å². The minimum atomic E-state index is -0.814. The first-order valence-corrected chi connectivity index (χ1v) is 27.0. The Balaban J connectivity index is 4.07. The van der Waals surface area contributed by atoms with Crippen LogP contribution in [0.1, 0.15) is 226 Å². The van der Waals surface area contributed by atoms with Crippen molar-refractivity contribution in [1.82, 2.24) is 0 Å². The second-order valence-corrected chi connectivity index (χ2v) is 17.4. The fraction of sp³-hybridized carbons (Fsp3) is 0.623. The van der Waals surface area contributed by atoms with Gasteiger partial charge in [-0.1, -0.05) is 232 Å². The first-order chi connectivity index (χ1) is 33.0. The molecule has 0 heterocycles. The molecule has 6 nitrogen and oxygen atoms in total. The van der Waals surface area contributed by atoms with E-state index in [9.17, 15) is 14.4 Å². The van der Waals surface area contributed by atoms with Crippen LogP contribution in [-0.4, -0.2) is 37.2 Å². The highest BCUT2D eigenvalue weighted by Crippen LogP contribution is 2.14. The molecule has 0 N–H and O–H groups in total. The van der Waals surface area contributed by atoms with Gasteiger partial charge < -0.3 is 14.2 Å². The molecule has 0 saturated carbocycles. The van der Waals surface area contributed by atoms with Gasteiger partial charge in [0.2, 0.25) is 0 Å². The Morgan fingerprint density at radius 1 is 0.313 bits per heavy atom. The van der Waals surface area contributed by atoms with Crippen LogP contribution in [-0.2, 0) is 28.6 Å². The predicted octanol–water partition coefficient (Wildman–Crippen LogP) is 18.1. The Morgan fingerprint density at radius 2 is 0.612 bits per heavy atom. The molecule has 0 saturated heterocycles. The molecule has 0 amide bonds. The molecule has 67 heavy (non-hydrogen) atoms. The number of unbranched alkanes of at least 4 members (excludes halogenated alkanes) is 16. The first-order valence-electron chi connectivity index (χ1n) is 27.0. The van der Waals surface area contributed by atoms with Gasteiger partial charge in [-0.3, -0.25) is 14.4 Å². The molecule has 0 aliphatic rings. The van der Waals surface area contributed by atoms with Crippen LogP contribution in [0.15, 0.2) is 122 Å². The highest BCUT2D eigenvalue weighted by Gasteiger charge is 2.19. The molecule has 0 aromatic heterocycles. The topological polar surface area (TPSA) is 78.9 Å². The molecule has 0 fully saturated rings. The van der Waals surface area contributed by atoms with Crippen molar-refractivity contribution >= 4 is 17.9 Å². The zero-order chi connectivity index (χ0) is 48.6. The molecule has 378 valence electrons. The number of carbonyl (C=O) groups excluding carboxylic acids is 3. The van der Waals surface area contributed by atoms with E-state index in [4.69, 9.17) is 14.2 Å². The summed E-state index contributed by atoms with van der Waals surface area (Å²) in [5.74, 6) is -1.01. The van der Waals surface area contributed by atoms with Crippen LogP contribution in [0.2, 0.25) is 0 Å². The number of hydrogen-bond donors (Lipinski definition) is 0. The number of ether oxygens (including phenoxy) is 3. The minimum absolute atomic E-state index is 0.109. The molecule has 1 unspecified atom stereocenters. The van der Waals surface area contributed by atoms with Crippen LogP contribution in [0.3, 0.4) is 0 Å². The molecule has 6 heteroatoms. The summed E-state index contributed by atoms with van der Waals surface area (Å²) in [5, 5.41) is 0. The lowest BCUT2D eigenvalue weighted by atomic mass is 10.0. The lowest BCUT2D eigenvalue weighted by molar-refractivity contribution is -0.166. The number of carbonyl (C=O) groups is 3. The molecule has 0 bridgehead atoms. The van der Waals surface area contributed by atoms with Crippen molar-refractivity contribution in [2.45, 2.75) is 232 Å². The van der Waals surface area contributed by atoms with Crippen LogP contribution in [0.5, 0.6) is 0 Å². The summed E-state index contributed by atoms with van der Waals surface area (Å²) in [6.07, 6.45) is 75.4. The van der Waals surface area contributed by atoms with Crippen LogP contribution in [0.4, 0.5) is 0 Å². The maximum atomic E-state index is 12.7. The van der Waals surface area contributed by atoms with E-state index in [1.807, 2.05) is 12.2 Å². The molecular weight excluding hydrogens is 829 g/mol. The summed E-state index contributed by atoms with van der Waals surface area (Å²) in [6, 6.07) is 0. The third kappa shape index (κ3) is 52.6. The molecule has 0 rings (SSSR count). The second-order valence-electron chi connectivity index (χ2n) is 17.4. The van der Waals surface area contributed by atoms with E-state index < -0.39 is 12.1 Å². The molecular formula is C61H98O6. The fourth-order valence-corrected chi connectivity index (χ4v) is 6.99. The SMILES string of the molecule is CC/C=C\C/C=C\C/C=C\C/C=C\C/C=C\C/C=C\CCCCCCCCCCCCCCC(=O)OCC(COC(=O)CCCCCCC)OC(=O)CC/C=C\C/C=C\C/C=C\C/C=C\CC. The van der Waals surface area contributed by atoms with Crippen LogP contribution >= 0.6 is 0 Å². The summed E-state index contributed by atoms with van der Waals surface area (Å²) in [4.78, 5) is 37.6. The van der Waals surface area contributed by atoms with Gasteiger partial charge in [-0.25, -0.2) is 0 Å². The zero-order valence-corrected chi connectivity index (χ0v) is 43.1. The maximum absolute atomic E-state index is 12.7. The molecule has 1 atom stereocenters. The van der Waals surface area contributed by atoms with Gasteiger partial charge in [-0.15, -0.1) is 0 Å². The molecule has 0 spiro atoms. The quantitative estimate of drug-likeness (QED) is 0.0262. The zero-order valence-electron chi connectivity index (χ0n) is 43.1. The van der Waals surface area contributed by atoms with Gasteiger partial charge in [0.15, 0.2) is 6.10 Å². The number of hydrogen-bond acceptors (Lipinski definition) is 6. The average molecular weight is 927 g/mol. The summed E-state index contributed by atoms with van der Waals surface area (Å²) in [7, 11) is 0. The van der Waals surface area contributed by atoms with E-state index in [1.54, 1.807) is 0 Å². The van der Waals surface area contributed by atoms with Crippen LogP contribution in [0.25, 0.3) is 0 Å². The van der Waals surface area contributed by atoms with Crippen molar-refractivity contribution in [3.8, 4) is 0 Å². The minimum Gasteiger partial charge on any atom is -0.462 e. The van der Waals surface area contributed by atoms with Gasteiger partial charge in [-0.05, 0) is 96.3 Å². The van der Waals surface area contributed by atoms with Crippen LogP contribution < -0.4 is 0 Å². The lowest BCUT2D eigenvalue weighted by Gasteiger charge is -2.18. The fourth-order valence-electron chi connectivity index (χ4n) is 6.99. The summed E-state index contributed by atoms with van der Waals surface area (Å²) in [6.45, 7) is 6.24. The smallest absolute Gasteiger partial charge is 0.306 e. The van der Waals surface area contributed by atoms with Crippen molar-refractivity contribution < 1.29 is 28.6 Å². The summed E-state index contributed by atoms with van der Waals surface area (Å²) >= 11 is 0. The van der Waals surface area contributed by atoms with E-state index in [-0.39, 0.29) is 31.6 Å².